The lowest BCUT2D eigenvalue weighted by Gasteiger charge is -2.36. The smallest absolute Gasteiger partial charge is 0.227 e. The number of hydrogen-bond donors (Lipinski definition) is 0. The number of likely N-dealkylation sites (N-methyl/N-ethyl adjacent to an activating group) is 2. The van der Waals surface area contributed by atoms with Crippen LogP contribution < -0.4 is 0 Å². The molecule has 0 aromatic carbocycles. The van der Waals surface area contributed by atoms with Crippen molar-refractivity contribution < 1.29 is 9.59 Å². The van der Waals surface area contributed by atoms with E-state index in [-0.39, 0.29) is 28.7 Å². The fraction of sp³-hybridized carbons (Fsp3) is 0.905. The summed E-state index contributed by atoms with van der Waals surface area (Å²) in [4.78, 5) is 30.8. The van der Waals surface area contributed by atoms with Crippen LogP contribution in [0.5, 0.6) is 0 Å². The topological polar surface area (TPSA) is 43.9 Å². The first-order valence-electron chi connectivity index (χ1n) is 9.85. The molecule has 0 saturated heterocycles. The van der Waals surface area contributed by atoms with Crippen LogP contribution in [0.2, 0.25) is 0 Å². The number of Topliss-reactive ketones (excluding diaryl/α,β-unsaturated/α-hetero) is 1. The Balaban J connectivity index is 4.73. The summed E-state index contributed by atoms with van der Waals surface area (Å²) in [7, 11) is 6.00. The van der Waals surface area contributed by atoms with Crippen molar-refractivity contribution in [1.82, 2.24) is 14.7 Å². The molecule has 1 atom stereocenters. The number of unbranched alkanes of at least 4 members (excludes halogenated alkanes) is 1. The summed E-state index contributed by atoms with van der Waals surface area (Å²) in [6.45, 7) is 16.5. The highest BCUT2D eigenvalue weighted by atomic mass is 16.2. The fourth-order valence-electron chi connectivity index (χ4n) is 2.86. The average Bonchev–Trinajstić information content (AvgIpc) is 2.46. The van der Waals surface area contributed by atoms with E-state index in [4.69, 9.17) is 0 Å². The van der Waals surface area contributed by atoms with E-state index in [9.17, 15) is 9.59 Å². The van der Waals surface area contributed by atoms with Crippen molar-refractivity contribution in [3.05, 3.63) is 0 Å². The Bertz CT molecular complexity index is 447. The van der Waals surface area contributed by atoms with Crippen LogP contribution in [0.4, 0.5) is 0 Å². The van der Waals surface area contributed by atoms with Gasteiger partial charge >= 0.3 is 0 Å². The largest absolute Gasteiger partial charge is 0.341 e. The molecule has 0 aliphatic heterocycles. The predicted octanol–water partition coefficient (Wildman–Crippen LogP) is 3.28. The zero-order chi connectivity index (χ0) is 20.7. The van der Waals surface area contributed by atoms with Crippen molar-refractivity contribution in [2.75, 3.05) is 40.8 Å². The number of amides is 1. The number of rotatable bonds is 10. The molecule has 0 N–H and O–H groups in total. The molecule has 0 unspecified atom stereocenters. The highest BCUT2D eigenvalue weighted by Crippen LogP contribution is 2.19. The van der Waals surface area contributed by atoms with Crippen LogP contribution in [0.1, 0.15) is 67.7 Å². The Kier molecular flexibility index (Phi) is 10.0. The van der Waals surface area contributed by atoms with Gasteiger partial charge in [-0.25, -0.2) is 0 Å². The molecule has 26 heavy (non-hydrogen) atoms. The minimum absolute atomic E-state index is 0.0196. The van der Waals surface area contributed by atoms with E-state index < -0.39 is 0 Å². The van der Waals surface area contributed by atoms with Gasteiger partial charge in [0.2, 0.25) is 5.91 Å². The summed E-state index contributed by atoms with van der Waals surface area (Å²) >= 11 is 0. The second kappa shape index (κ2) is 10.4. The Morgan fingerprint density at radius 1 is 0.846 bits per heavy atom. The molecule has 5 heteroatoms. The first kappa shape index (κ1) is 25.1. The van der Waals surface area contributed by atoms with E-state index >= 15 is 0 Å². The van der Waals surface area contributed by atoms with Gasteiger partial charge in [0.05, 0.1) is 6.04 Å². The van der Waals surface area contributed by atoms with Gasteiger partial charge in [0, 0.05) is 30.6 Å². The van der Waals surface area contributed by atoms with Crippen LogP contribution in [0, 0.1) is 5.41 Å². The average molecular weight is 370 g/mol. The SMILES string of the molecule is CC(=O)[C@H](CCCCN(CCN(C)C(C)(C)C)C(=O)C(C)(C)C)N(C)C. The van der Waals surface area contributed by atoms with Gasteiger partial charge in [-0.1, -0.05) is 20.8 Å². The van der Waals surface area contributed by atoms with Crippen LogP contribution >= 0.6 is 0 Å². The normalized spacial score (nSPS) is 14.0. The molecule has 5 nitrogen and oxygen atoms in total. The molecule has 0 rings (SSSR count). The van der Waals surface area contributed by atoms with Gasteiger partial charge in [-0.3, -0.25) is 19.4 Å². The number of carbonyl (C=O) groups is 2. The Morgan fingerprint density at radius 3 is 1.77 bits per heavy atom. The minimum Gasteiger partial charge on any atom is -0.341 e. The van der Waals surface area contributed by atoms with Crippen molar-refractivity contribution in [3.63, 3.8) is 0 Å². The Morgan fingerprint density at radius 2 is 1.38 bits per heavy atom. The summed E-state index contributed by atoms with van der Waals surface area (Å²) in [5.41, 5.74) is -0.275. The molecule has 0 heterocycles. The molecule has 0 aliphatic rings. The lowest BCUT2D eigenvalue weighted by Crippen LogP contribution is -2.47. The van der Waals surface area contributed by atoms with E-state index in [0.29, 0.717) is 0 Å². The summed E-state index contributed by atoms with van der Waals surface area (Å²) < 4.78 is 0. The van der Waals surface area contributed by atoms with Gasteiger partial charge in [-0.05, 0) is 68.1 Å². The van der Waals surface area contributed by atoms with Gasteiger partial charge in [-0.2, -0.15) is 0 Å². The zero-order valence-electron chi connectivity index (χ0n) is 19.0. The molecule has 0 saturated carbocycles. The van der Waals surface area contributed by atoms with Crippen molar-refractivity contribution >= 4 is 11.7 Å². The summed E-state index contributed by atoms with van der Waals surface area (Å²) in [6, 6.07) is -0.0196. The second-order valence-electron chi connectivity index (χ2n) is 9.72. The summed E-state index contributed by atoms with van der Waals surface area (Å²) in [6.07, 6.45) is 2.73. The minimum atomic E-state index is -0.369. The quantitative estimate of drug-likeness (QED) is 0.554. The van der Waals surface area contributed by atoms with Crippen LogP contribution in [0.3, 0.4) is 0 Å². The van der Waals surface area contributed by atoms with Gasteiger partial charge in [0.25, 0.3) is 0 Å². The molecular weight excluding hydrogens is 326 g/mol. The number of carbonyl (C=O) groups excluding carboxylic acids is 2. The zero-order valence-corrected chi connectivity index (χ0v) is 19.0. The molecule has 0 aliphatic carbocycles. The van der Waals surface area contributed by atoms with E-state index in [0.717, 1.165) is 38.9 Å². The maximum atomic E-state index is 12.8. The molecule has 0 bridgehead atoms. The number of nitrogens with zero attached hydrogens (tertiary/aromatic N) is 3. The molecule has 0 radical (unpaired) electrons. The molecule has 154 valence electrons. The predicted molar refractivity (Wildman–Crippen MR) is 110 cm³/mol. The molecule has 0 fully saturated rings. The van der Waals surface area contributed by atoms with Crippen molar-refractivity contribution in [3.8, 4) is 0 Å². The van der Waals surface area contributed by atoms with Gasteiger partial charge in [0.1, 0.15) is 5.78 Å². The monoisotopic (exact) mass is 369 g/mol. The van der Waals surface area contributed by atoms with Gasteiger partial charge < -0.3 is 4.90 Å². The third kappa shape index (κ3) is 9.13. The van der Waals surface area contributed by atoms with E-state index in [1.807, 2.05) is 44.7 Å². The molecular formula is C21H43N3O2. The standard InChI is InChI=1S/C21H43N3O2/c1-17(25)18(22(8)9)13-11-12-14-24(19(26)20(2,3)4)16-15-23(10)21(5,6)7/h18H,11-16H2,1-10H3/t18-/m0/s1. The number of ketones is 1. The van der Waals surface area contributed by atoms with Crippen LogP contribution in [0.25, 0.3) is 0 Å². The first-order valence-corrected chi connectivity index (χ1v) is 9.85. The van der Waals surface area contributed by atoms with E-state index in [1.54, 1.807) is 6.92 Å². The fourth-order valence-corrected chi connectivity index (χ4v) is 2.86. The summed E-state index contributed by atoms with van der Waals surface area (Å²) in [5, 5.41) is 0. The van der Waals surface area contributed by atoms with Crippen LogP contribution in [-0.4, -0.2) is 78.7 Å². The van der Waals surface area contributed by atoms with E-state index in [1.165, 1.54) is 0 Å². The summed E-state index contributed by atoms with van der Waals surface area (Å²) in [5.74, 6) is 0.417. The van der Waals surface area contributed by atoms with Crippen LogP contribution in [0.15, 0.2) is 0 Å². The molecule has 0 aromatic rings. The molecule has 0 aromatic heterocycles. The lowest BCUT2D eigenvalue weighted by molar-refractivity contribution is -0.140. The lowest BCUT2D eigenvalue weighted by atomic mass is 9.94. The highest BCUT2D eigenvalue weighted by molar-refractivity contribution is 5.81. The maximum Gasteiger partial charge on any atom is 0.227 e. The van der Waals surface area contributed by atoms with Gasteiger partial charge in [0.15, 0.2) is 0 Å². The van der Waals surface area contributed by atoms with Gasteiger partial charge in [-0.15, -0.1) is 0 Å². The van der Waals surface area contributed by atoms with Crippen molar-refractivity contribution in [1.29, 1.82) is 0 Å². The van der Waals surface area contributed by atoms with Crippen molar-refractivity contribution in [2.24, 2.45) is 5.41 Å². The van der Waals surface area contributed by atoms with E-state index in [2.05, 4.69) is 32.7 Å². The molecule has 0 spiro atoms. The first-order chi connectivity index (χ1) is 11.7. The second-order valence-corrected chi connectivity index (χ2v) is 9.72. The third-order valence-electron chi connectivity index (χ3n) is 5.03. The Hall–Kier alpha value is -0.940. The Labute approximate surface area is 162 Å². The third-order valence-corrected chi connectivity index (χ3v) is 5.03. The maximum absolute atomic E-state index is 12.8. The number of hydrogen-bond acceptors (Lipinski definition) is 4. The van der Waals surface area contributed by atoms with Crippen LogP contribution in [-0.2, 0) is 9.59 Å². The van der Waals surface area contributed by atoms with Crippen molar-refractivity contribution in [2.45, 2.75) is 79.3 Å². The molecule has 1 amide bonds. The highest BCUT2D eigenvalue weighted by Gasteiger charge is 2.28.